The Morgan fingerprint density at radius 1 is 0.821 bits per heavy atom. The standard InChI is InChI=1S/C24H20N2OS/c1-18(27)26(17-19-11-5-2-6-12-19)24-25-22(20-13-7-3-8-14-20)23(28-24)21-15-9-4-10-16-21/h2-16H,17H2,1H3. The van der Waals surface area contributed by atoms with E-state index in [4.69, 9.17) is 4.98 Å². The number of aromatic nitrogens is 1. The molecule has 0 aliphatic carbocycles. The topological polar surface area (TPSA) is 33.2 Å². The van der Waals surface area contributed by atoms with Gasteiger partial charge < -0.3 is 0 Å². The summed E-state index contributed by atoms with van der Waals surface area (Å²) in [5, 5.41) is 0.717. The fourth-order valence-electron chi connectivity index (χ4n) is 3.08. The van der Waals surface area contributed by atoms with Gasteiger partial charge >= 0.3 is 0 Å². The van der Waals surface area contributed by atoms with Gasteiger partial charge in [0.1, 0.15) is 0 Å². The monoisotopic (exact) mass is 384 g/mol. The molecule has 28 heavy (non-hydrogen) atoms. The highest BCUT2D eigenvalue weighted by atomic mass is 32.1. The number of amides is 1. The van der Waals surface area contributed by atoms with E-state index in [2.05, 4.69) is 24.3 Å². The first-order valence-corrected chi connectivity index (χ1v) is 9.98. The van der Waals surface area contributed by atoms with Crippen LogP contribution in [-0.2, 0) is 11.3 Å². The Morgan fingerprint density at radius 2 is 1.36 bits per heavy atom. The summed E-state index contributed by atoms with van der Waals surface area (Å²) in [6.07, 6.45) is 0. The average molecular weight is 385 g/mol. The largest absolute Gasteiger partial charge is 0.284 e. The first kappa shape index (κ1) is 18.1. The van der Waals surface area contributed by atoms with Gasteiger partial charge in [-0.2, -0.15) is 0 Å². The van der Waals surface area contributed by atoms with Gasteiger partial charge in [0.05, 0.1) is 17.1 Å². The number of nitrogens with zero attached hydrogens (tertiary/aromatic N) is 2. The molecule has 3 aromatic carbocycles. The van der Waals surface area contributed by atoms with Gasteiger partial charge in [-0.3, -0.25) is 9.69 Å². The number of thiazole rings is 1. The minimum atomic E-state index is -0.0168. The van der Waals surface area contributed by atoms with Crippen molar-refractivity contribution in [1.29, 1.82) is 0 Å². The molecular weight excluding hydrogens is 364 g/mol. The molecule has 0 aliphatic rings. The molecular formula is C24H20N2OS. The van der Waals surface area contributed by atoms with E-state index < -0.39 is 0 Å². The third-order valence-corrected chi connectivity index (χ3v) is 5.62. The second-order valence-corrected chi connectivity index (χ2v) is 7.47. The lowest BCUT2D eigenvalue weighted by Gasteiger charge is -2.17. The third-order valence-electron chi connectivity index (χ3n) is 4.49. The van der Waals surface area contributed by atoms with Crippen LogP contribution in [0.25, 0.3) is 21.7 Å². The van der Waals surface area contributed by atoms with Crippen molar-refractivity contribution >= 4 is 22.4 Å². The Hall–Kier alpha value is -3.24. The average Bonchev–Trinajstić information content (AvgIpc) is 3.19. The van der Waals surface area contributed by atoms with Crippen molar-refractivity contribution < 1.29 is 4.79 Å². The van der Waals surface area contributed by atoms with E-state index in [0.717, 1.165) is 27.3 Å². The summed E-state index contributed by atoms with van der Waals surface area (Å²) < 4.78 is 0. The van der Waals surface area contributed by atoms with Gasteiger partial charge in [0.25, 0.3) is 0 Å². The van der Waals surface area contributed by atoms with Gasteiger partial charge in [-0.05, 0) is 11.1 Å². The lowest BCUT2D eigenvalue weighted by atomic mass is 10.1. The molecule has 3 nitrogen and oxygen atoms in total. The predicted molar refractivity (Wildman–Crippen MR) is 116 cm³/mol. The first-order valence-electron chi connectivity index (χ1n) is 9.16. The van der Waals surface area contributed by atoms with E-state index in [1.165, 1.54) is 0 Å². The van der Waals surface area contributed by atoms with Crippen LogP contribution >= 0.6 is 11.3 Å². The molecule has 0 saturated heterocycles. The summed E-state index contributed by atoms with van der Waals surface area (Å²) >= 11 is 1.56. The molecule has 0 aliphatic heterocycles. The lowest BCUT2D eigenvalue weighted by molar-refractivity contribution is -0.116. The molecule has 1 heterocycles. The van der Waals surface area contributed by atoms with Crippen LogP contribution in [0.4, 0.5) is 5.13 Å². The van der Waals surface area contributed by atoms with Gasteiger partial charge in [-0.1, -0.05) is 102 Å². The molecule has 0 radical (unpaired) electrons. The number of rotatable bonds is 5. The number of benzene rings is 3. The molecule has 0 saturated carbocycles. The van der Waals surface area contributed by atoms with Crippen LogP contribution < -0.4 is 4.90 Å². The Labute approximate surface area is 168 Å². The molecule has 0 spiro atoms. The number of carbonyl (C=O) groups excluding carboxylic acids is 1. The smallest absolute Gasteiger partial charge is 0.225 e. The Kier molecular flexibility index (Phi) is 5.31. The summed E-state index contributed by atoms with van der Waals surface area (Å²) in [6.45, 7) is 2.10. The summed E-state index contributed by atoms with van der Waals surface area (Å²) in [7, 11) is 0. The van der Waals surface area contributed by atoms with Crippen molar-refractivity contribution in [2.45, 2.75) is 13.5 Å². The zero-order chi connectivity index (χ0) is 19.3. The van der Waals surface area contributed by atoms with Crippen LogP contribution in [0.1, 0.15) is 12.5 Å². The van der Waals surface area contributed by atoms with Crippen molar-refractivity contribution in [2.75, 3.05) is 4.90 Å². The molecule has 0 bridgehead atoms. The number of hydrogen-bond acceptors (Lipinski definition) is 3. The minimum Gasteiger partial charge on any atom is -0.284 e. The quantitative estimate of drug-likeness (QED) is 0.421. The second-order valence-electron chi connectivity index (χ2n) is 6.50. The summed E-state index contributed by atoms with van der Waals surface area (Å²) in [5.74, 6) is -0.0168. The molecule has 0 N–H and O–H groups in total. The van der Waals surface area contributed by atoms with E-state index in [0.29, 0.717) is 11.7 Å². The van der Waals surface area contributed by atoms with Crippen LogP contribution in [0.5, 0.6) is 0 Å². The second kappa shape index (κ2) is 8.19. The summed E-state index contributed by atoms with van der Waals surface area (Å²) in [4.78, 5) is 20.2. The SMILES string of the molecule is CC(=O)N(Cc1ccccc1)c1nc(-c2ccccc2)c(-c2ccccc2)s1. The van der Waals surface area contributed by atoms with Gasteiger partial charge in [-0.25, -0.2) is 4.98 Å². The minimum absolute atomic E-state index is 0.0168. The molecule has 138 valence electrons. The van der Waals surface area contributed by atoms with Crippen molar-refractivity contribution in [2.24, 2.45) is 0 Å². The van der Waals surface area contributed by atoms with E-state index in [9.17, 15) is 4.79 Å². The van der Waals surface area contributed by atoms with Crippen molar-refractivity contribution in [1.82, 2.24) is 4.98 Å². The zero-order valence-electron chi connectivity index (χ0n) is 15.6. The molecule has 4 rings (SSSR count). The maximum atomic E-state index is 12.4. The zero-order valence-corrected chi connectivity index (χ0v) is 16.4. The maximum absolute atomic E-state index is 12.4. The highest BCUT2D eigenvalue weighted by Crippen LogP contribution is 2.40. The number of carbonyl (C=O) groups is 1. The molecule has 4 heteroatoms. The molecule has 1 aromatic heterocycles. The highest BCUT2D eigenvalue weighted by Gasteiger charge is 2.21. The number of hydrogen-bond donors (Lipinski definition) is 0. The summed E-state index contributed by atoms with van der Waals surface area (Å²) in [6, 6.07) is 30.4. The fourth-order valence-corrected chi connectivity index (χ4v) is 4.22. The Bertz CT molecular complexity index is 1000. The Morgan fingerprint density at radius 3 is 1.93 bits per heavy atom. The van der Waals surface area contributed by atoms with E-state index in [1.54, 1.807) is 23.2 Å². The maximum Gasteiger partial charge on any atom is 0.225 e. The normalized spacial score (nSPS) is 10.6. The van der Waals surface area contributed by atoms with Crippen LogP contribution in [0.2, 0.25) is 0 Å². The van der Waals surface area contributed by atoms with Crippen molar-refractivity contribution in [3.05, 3.63) is 96.6 Å². The van der Waals surface area contributed by atoms with E-state index >= 15 is 0 Å². The van der Waals surface area contributed by atoms with Crippen LogP contribution in [0, 0.1) is 0 Å². The molecule has 0 atom stereocenters. The lowest BCUT2D eigenvalue weighted by Crippen LogP contribution is -2.27. The molecule has 1 amide bonds. The predicted octanol–water partition coefficient (Wildman–Crippen LogP) is 6.03. The molecule has 0 unspecified atom stereocenters. The van der Waals surface area contributed by atoms with Crippen LogP contribution in [0.15, 0.2) is 91.0 Å². The van der Waals surface area contributed by atoms with Gasteiger partial charge in [0.2, 0.25) is 5.91 Å². The van der Waals surface area contributed by atoms with Gasteiger partial charge in [0, 0.05) is 12.5 Å². The highest BCUT2D eigenvalue weighted by molar-refractivity contribution is 7.19. The first-order chi connectivity index (χ1) is 13.7. The Balaban J connectivity index is 1.80. The van der Waals surface area contributed by atoms with E-state index in [-0.39, 0.29) is 5.91 Å². The van der Waals surface area contributed by atoms with Crippen molar-refractivity contribution in [3.63, 3.8) is 0 Å². The summed E-state index contributed by atoms with van der Waals surface area (Å²) in [5.41, 5.74) is 4.14. The van der Waals surface area contributed by atoms with E-state index in [1.807, 2.05) is 66.7 Å². The molecule has 4 aromatic rings. The molecule has 0 fully saturated rings. The third kappa shape index (κ3) is 3.87. The van der Waals surface area contributed by atoms with Crippen LogP contribution in [0.3, 0.4) is 0 Å². The van der Waals surface area contributed by atoms with Crippen molar-refractivity contribution in [3.8, 4) is 21.7 Å². The van der Waals surface area contributed by atoms with Crippen LogP contribution in [-0.4, -0.2) is 10.9 Å². The van der Waals surface area contributed by atoms with Gasteiger partial charge in [-0.15, -0.1) is 0 Å². The van der Waals surface area contributed by atoms with Gasteiger partial charge in [0.15, 0.2) is 5.13 Å². The fraction of sp³-hybridized carbons (Fsp3) is 0.0833. The number of anilines is 1.